The van der Waals surface area contributed by atoms with Gasteiger partial charge in [-0.05, 0) is 66.6 Å². The highest BCUT2D eigenvalue weighted by Crippen LogP contribution is 2.20. The van der Waals surface area contributed by atoms with Gasteiger partial charge in [0.1, 0.15) is 5.82 Å². The third kappa shape index (κ3) is 7.10. The van der Waals surface area contributed by atoms with Gasteiger partial charge in [-0.3, -0.25) is 14.6 Å². The first-order valence-corrected chi connectivity index (χ1v) is 13.5. The number of benzene rings is 2. The lowest BCUT2D eigenvalue weighted by molar-refractivity contribution is -0.130. The van der Waals surface area contributed by atoms with Gasteiger partial charge in [0.25, 0.3) is 11.8 Å². The first-order chi connectivity index (χ1) is 20.5. The number of pyridine rings is 2. The number of halogens is 1. The Hall–Kier alpha value is -5.22. The Morgan fingerprint density at radius 3 is 2.40 bits per heavy atom. The summed E-state index contributed by atoms with van der Waals surface area (Å²) in [6, 6.07) is 24.8. The maximum absolute atomic E-state index is 13.6. The van der Waals surface area contributed by atoms with Crippen molar-refractivity contribution in [2.24, 2.45) is 0 Å². The van der Waals surface area contributed by atoms with Crippen LogP contribution in [0.15, 0.2) is 110 Å². The quantitative estimate of drug-likeness (QED) is 0.226. The molecule has 0 saturated heterocycles. The lowest BCUT2D eigenvalue weighted by Crippen LogP contribution is -2.52. The summed E-state index contributed by atoms with van der Waals surface area (Å²) >= 11 is 0. The Morgan fingerprint density at radius 2 is 1.64 bits per heavy atom. The molecule has 2 unspecified atom stereocenters. The van der Waals surface area contributed by atoms with Gasteiger partial charge in [0.15, 0.2) is 11.9 Å². The van der Waals surface area contributed by atoms with Crippen molar-refractivity contribution in [3.05, 3.63) is 132 Å². The Bertz CT molecular complexity index is 1630. The molecule has 2 atom stereocenters. The third-order valence-electron chi connectivity index (χ3n) is 6.65. The number of nitrogens with one attached hydrogen (secondary N) is 2. The van der Waals surface area contributed by atoms with Gasteiger partial charge in [-0.25, -0.2) is 14.1 Å². The zero-order chi connectivity index (χ0) is 29.3. The fraction of sp³-hybridized carbons (Fsp3) is 0.156. The van der Waals surface area contributed by atoms with Crippen LogP contribution < -0.4 is 10.6 Å². The van der Waals surface area contributed by atoms with Crippen LogP contribution in [-0.4, -0.2) is 55.4 Å². The molecule has 212 valence electrons. The molecule has 0 radical (unpaired) electrons. The monoisotopic (exact) mass is 564 g/mol. The predicted octanol–water partition coefficient (Wildman–Crippen LogP) is 3.53. The molecule has 0 aliphatic heterocycles. The molecule has 0 aliphatic carbocycles. The molecule has 42 heavy (non-hydrogen) atoms. The average Bonchev–Trinajstić information content (AvgIpc) is 3.52. The van der Waals surface area contributed by atoms with Gasteiger partial charge in [0.05, 0.1) is 17.3 Å². The molecule has 0 spiro atoms. The van der Waals surface area contributed by atoms with Crippen molar-refractivity contribution < 1.29 is 19.1 Å². The zero-order valence-electron chi connectivity index (χ0n) is 22.6. The summed E-state index contributed by atoms with van der Waals surface area (Å²) < 4.78 is 14.8. The molecule has 3 heterocycles. The van der Waals surface area contributed by atoms with E-state index in [-0.39, 0.29) is 30.2 Å². The largest absolute Gasteiger partial charge is 0.381 e. The van der Waals surface area contributed by atoms with Crippen molar-refractivity contribution in [2.45, 2.75) is 25.0 Å². The van der Waals surface area contributed by atoms with Crippen LogP contribution in [0.3, 0.4) is 0 Å². The molecule has 0 bridgehead atoms. The number of aromatic nitrogens is 4. The van der Waals surface area contributed by atoms with E-state index in [1.165, 1.54) is 23.0 Å². The van der Waals surface area contributed by atoms with Crippen LogP contribution in [0.5, 0.6) is 0 Å². The number of hydrogen-bond donors (Lipinski definition) is 3. The van der Waals surface area contributed by atoms with Crippen molar-refractivity contribution in [3.63, 3.8) is 0 Å². The van der Waals surface area contributed by atoms with E-state index < -0.39 is 24.0 Å². The number of carbonyl (C=O) groups excluding carboxylic acids is 2. The van der Waals surface area contributed by atoms with E-state index in [2.05, 4.69) is 25.7 Å². The molecule has 9 nitrogen and oxygen atoms in total. The number of aliphatic hydroxyl groups excluding tert-OH is 1. The molecule has 0 fully saturated rings. The van der Waals surface area contributed by atoms with Crippen LogP contribution in [-0.2, 0) is 17.6 Å². The Morgan fingerprint density at radius 1 is 0.881 bits per heavy atom. The van der Waals surface area contributed by atoms with Gasteiger partial charge in [-0.15, -0.1) is 0 Å². The van der Waals surface area contributed by atoms with E-state index in [0.29, 0.717) is 17.7 Å². The summed E-state index contributed by atoms with van der Waals surface area (Å²) in [4.78, 5) is 35.1. The standard InChI is InChI=1S/C32H29FN6O3/c33-24-13-11-23(12-14-24)27-16-20-39(38-27)30-26(10-6-18-35-30)31(41)37-28(21-22-7-2-1-3-8-22)29(40)32(42)36-19-15-25-9-4-5-17-34-25/h1-14,16-18,20,28-29,40H,15,19,21H2,(H,36,42)(H,37,41). The summed E-state index contributed by atoms with van der Waals surface area (Å²) in [6.45, 7) is 0.279. The van der Waals surface area contributed by atoms with Crippen molar-refractivity contribution >= 4 is 11.8 Å². The summed E-state index contributed by atoms with van der Waals surface area (Å²) in [5.41, 5.74) is 3.13. The van der Waals surface area contributed by atoms with Gasteiger partial charge >= 0.3 is 0 Å². The van der Waals surface area contributed by atoms with Gasteiger partial charge in [-0.2, -0.15) is 5.10 Å². The first-order valence-electron chi connectivity index (χ1n) is 13.5. The summed E-state index contributed by atoms with van der Waals surface area (Å²) in [6.07, 6.45) is 4.06. The van der Waals surface area contributed by atoms with E-state index >= 15 is 0 Å². The summed E-state index contributed by atoms with van der Waals surface area (Å²) in [5, 5.41) is 21.2. The van der Waals surface area contributed by atoms with E-state index in [9.17, 15) is 19.1 Å². The average molecular weight is 565 g/mol. The number of hydrogen-bond acceptors (Lipinski definition) is 6. The van der Waals surface area contributed by atoms with Crippen LogP contribution in [0.1, 0.15) is 21.6 Å². The van der Waals surface area contributed by atoms with Gasteiger partial charge in [0, 0.05) is 42.8 Å². The minimum Gasteiger partial charge on any atom is -0.381 e. The third-order valence-corrected chi connectivity index (χ3v) is 6.65. The van der Waals surface area contributed by atoms with Crippen LogP contribution in [0, 0.1) is 5.82 Å². The lowest BCUT2D eigenvalue weighted by Gasteiger charge is -2.24. The van der Waals surface area contributed by atoms with E-state index in [4.69, 9.17) is 0 Å². The molecular weight excluding hydrogens is 535 g/mol. The van der Waals surface area contributed by atoms with Crippen molar-refractivity contribution in [3.8, 4) is 17.1 Å². The molecular formula is C32H29FN6O3. The molecule has 3 N–H and O–H groups in total. The van der Waals surface area contributed by atoms with Gasteiger partial charge in [-0.1, -0.05) is 36.4 Å². The molecule has 2 aromatic carbocycles. The molecule has 3 aromatic heterocycles. The minimum atomic E-state index is -1.52. The fourth-order valence-corrected chi connectivity index (χ4v) is 4.48. The second-order valence-corrected chi connectivity index (χ2v) is 9.60. The molecule has 5 rings (SSSR count). The maximum atomic E-state index is 13.6. The topological polar surface area (TPSA) is 122 Å². The van der Waals surface area contributed by atoms with E-state index in [0.717, 1.165) is 11.3 Å². The Kier molecular flexibility index (Phi) is 9.05. The summed E-state index contributed by atoms with van der Waals surface area (Å²) in [7, 11) is 0. The summed E-state index contributed by atoms with van der Waals surface area (Å²) in [5.74, 6) is -1.22. The van der Waals surface area contributed by atoms with E-state index in [1.54, 1.807) is 42.7 Å². The molecule has 0 saturated carbocycles. The van der Waals surface area contributed by atoms with Gasteiger partial charge < -0.3 is 15.7 Å². The van der Waals surface area contributed by atoms with E-state index in [1.807, 2.05) is 48.5 Å². The Balaban J connectivity index is 1.33. The second-order valence-electron chi connectivity index (χ2n) is 9.60. The number of rotatable bonds is 11. The number of amides is 2. The fourth-order valence-electron chi connectivity index (χ4n) is 4.48. The van der Waals surface area contributed by atoms with Gasteiger partial charge in [0.2, 0.25) is 0 Å². The minimum absolute atomic E-state index is 0.201. The maximum Gasteiger partial charge on any atom is 0.255 e. The van der Waals surface area contributed by atoms with Crippen molar-refractivity contribution in [1.29, 1.82) is 0 Å². The second kappa shape index (κ2) is 13.4. The number of carbonyl (C=O) groups is 2. The highest BCUT2D eigenvalue weighted by molar-refractivity contribution is 5.97. The predicted molar refractivity (Wildman–Crippen MR) is 155 cm³/mol. The van der Waals surface area contributed by atoms with Crippen molar-refractivity contribution in [1.82, 2.24) is 30.4 Å². The SMILES string of the molecule is O=C(NC(Cc1ccccc1)C(O)C(=O)NCCc1ccccn1)c1cccnc1-n1ccc(-c2ccc(F)cc2)n1. The number of nitrogens with zero attached hydrogens (tertiary/aromatic N) is 4. The smallest absolute Gasteiger partial charge is 0.255 e. The zero-order valence-corrected chi connectivity index (χ0v) is 22.6. The first kappa shape index (κ1) is 28.3. The number of aliphatic hydroxyl groups is 1. The molecule has 0 aliphatic rings. The van der Waals surface area contributed by atoms with Crippen LogP contribution in [0.2, 0.25) is 0 Å². The highest BCUT2D eigenvalue weighted by Gasteiger charge is 2.29. The lowest BCUT2D eigenvalue weighted by atomic mass is 10.00. The van der Waals surface area contributed by atoms with Crippen LogP contribution in [0.25, 0.3) is 17.1 Å². The molecule has 5 aromatic rings. The van der Waals surface area contributed by atoms with Crippen LogP contribution >= 0.6 is 0 Å². The van der Waals surface area contributed by atoms with Crippen LogP contribution in [0.4, 0.5) is 4.39 Å². The Labute approximate surface area is 242 Å². The normalized spacial score (nSPS) is 12.3. The van der Waals surface area contributed by atoms with Crippen molar-refractivity contribution in [2.75, 3.05) is 6.54 Å². The highest BCUT2D eigenvalue weighted by atomic mass is 19.1. The molecule has 10 heteroatoms. The molecule has 2 amide bonds.